The zero-order chi connectivity index (χ0) is 11.5. The molecule has 0 atom stereocenters. The summed E-state index contributed by atoms with van der Waals surface area (Å²) in [5.41, 5.74) is 2.68. The van der Waals surface area contributed by atoms with E-state index in [1.807, 2.05) is 13.0 Å². The van der Waals surface area contributed by atoms with Gasteiger partial charge in [0.25, 0.3) is 0 Å². The molecule has 0 N–H and O–H groups in total. The van der Waals surface area contributed by atoms with Crippen LogP contribution in [0.3, 0.4) is 0 Å². The first-order chi connectivity index (χ1) is 7.76. The van der Waals surface area contributed by atoms with Gasteiger partial charge in [0.05, 0.1) is 34.8 Å². The number of hydrogen-bond acceptors (Lipinski definition) is 3. The minimum atomic E-state index is 0.558. The van der Waals surface area contributed by atoms with Gasteiger partial charge < -0.3 is 0 Å². The Labute approximate surface area is 92.7 Å². The van der Waals surface area contributed by atoms with Crippen LogP contribution in [0, 0.1) is 18.3 Å². The molecular weight excluding hydrogens is 202 g/mol. The van der Waals surface area contributed by atoms with E-state index < -0.39 is 0 Å². The SMILES string of the molecule is Cc1c(C=O)cnn1-c1cccc(C#N)c1. The molecule has 0 radical (unpaired) electrons. The van der Waals surface area contributed by atoms with Crippen molar-refractivity contribution < 1.29 is 4.79 Å². The van der Waals surface area contributed by atoms with E-state index in [4.69, 9.17) is 5.26 Å². The van der Waals surface area contributed by atoms with E-state index in [1.165, 1.54) is 6.20 Å². The molecule has 0 amide bonds. The van der Waals surface area contributed by atoms with Gasteiger partial charge in [-0.2, -0.15) is 10.4 Å². The van der Waals surface area contributed by atoms with Crippen LogP contribution in [0.15, 0.2) is 30.5 Å². The van der Waals surface area contributed by atoms with E-state index in [-0.39, 0.29) is 0 Å². The van der Waals surface area contributed by atoms with E-state index in [0.717, 1.165) is 17.7 Å². The lowest BCUT2D eigenvalue weighted by molar-refractivity contribution is 0.112. The predicted octanol–water partition coefficient (Wildman–Crippen LogP) is 1.86. The zero-order valence-corrected chi connectivity index (χ0v) is 8.71. The molecule has 0 saturated heterocycles. The lowest BCUT2D eigenvalue weighted by Gasteiger charge is -2.04. The third-order valence-corrected chi connectivity index (χ3v) is 2.39. The van der Waals surface area contributed by atoms with Gasteiger partial charge in [-0.15, -0.1) is 0 Å². The maximum absolute atomic E-state index is 10.7. The lowest BCUT2D eigenvalue weighted by Crippen LogP contribution is -1.99. The fraction of sp³-hybridized carbons (Fsp3) is 0.0833. The first-order valence-corrected chi connectivity index (χ1v) is 4.76. The first kappa shape index (κ1) is 10.1. The Morgan fingerprint density at radius 1 is 1.50 bits per heavy atom. The molecule has 78 valence electrons. The van der Waals surface area contributed by atoms with Crippen molar-refractivity contribution in [1.82, 2.24) is 9.78 Å². The molecule has 2 aromatic rings. The van der Waals surface area contributed by atoms with Gasteiger partial charge in [-0.3, -0.25) is 4.79 Å². The number of carbonyl (C=O) groups is 1. The summed E-state index contributed by atoms with van der Waals surface area (Å²) in [5.74, 6) is 0. The summed E-state index contributed by atoms with van der Waals surface area (Å²) >= 11 is 0. The van der Waals surface area contributed by atoms with Crippen LogP contribution < -0.4 is 0 Å². The van der Waals surface area contributed by atoms with Crippen LogP contribution in [-0.4, -0.2) is 16.1 Å². The van der Waals surface area contributed by atoms with Gasteiger partial charge in [-0.25, -0.2) is 4.68 Å². The Morgan fingerprint density at radius 3 is 2.94 bits per heavy atom. The standard InChI is InChI=1S/C12H9N3O/c1-9-11(8-16)7-14-15(9)12-4-2-3-10(5-12)6-13/h2-5,7-8H,1H3. The summed E-state index contributed by atoms with van der Waals surface area (Å²) in [4.78, 5) is 10.7. The second-order valence-electron chi connectivity index (χ2n) is 3.38. The highest BCUT2D eigenvalue weighted by Crippen LogP contribution is 2.13. The average Bonchev–Trinajstić information content (AvgIpc) is 2.70. The van der Waals surface area contributed by atoms with E-state index in [1.54, 1.807) is 22.9 Å². The molecular formula is C12H9N3O. The van der Waals surface area contributed by atoms with Crippen LogP contribution in [0.1, 0.15) is 21.6 Å². The van der Waals surface area contributed by atoms with Crippen molar-refractivity contribution in [2.75, 3.05) is 0 Å². The van der Waals surface area contributed by atoms with Crippen LogP contribution in [0.4, 0.5) is 0 Å². The van der Waals surface area contributed by atoms with Crippen molar-refractivity contribution in [3.05, 3.63) is 47.3 Å². The number of rotatable bonds is 2. The Hall–Kier alpha value is -2.41. The quantitative estimate of drug-likeness (QED) is 0.712. The predicted molar refractivity (Wildman–Crippen MR) is 58.4 cm³/mol. The van der Waals surface area contributed by atoms with E-state index in [9.17, 15) is 4.79 Å². The Balaban J connectivity index is 2.55. The molecule has 0 spiro atoms. The molecule has 1 aromatic heterocycles. The fourth-order valence-electron chi connectivity index (χ4n) is 1.51. The second-order valence-corrected chi connectivity index (χ2v) is 3.38. The van der Waals surface area contributed by atoms with Crippen molar-refractivity contribution >= 4 is 6.29 Å². The smallest absolute Gasteiger partial charge is 0.153 e. The molecule has 0 aliphatic heterocycles. The largest absolute Gasteiger partial charge is 0.298 e. The molecule has 4 nitrogen and oxygen atoms in total. The van der Waals surface area contributed by atoms with Crippen LogP contribution in [0.5, 0.6) is 0 Å². The molecule has 0 bridgehead atoms. The van der Waals surface area contributed by atoms with Crippen LogP contribution in [0.25, 0.3) is 5.69 Å². The van der Waals surface area contributed by atoms with Crippen molar-refractivity contribution in [2.24, 2.45) is 0 Å². The molecule has 1 aromatic carbocycles. The van der Waals surface area contributed by atoms with Gasteiger partial charge in [-0.1, -0.05) is 6.07 Å². The van der Waals surface area contributed by atoms with Crippen LogP contribution >= 0.6 is 0 Å². The summed E-state index contributed by atoms with van der Waals surface area (Å²) in [6, 6.07) is 9.15. The second kappa shape index (κ2) is 3.99. The Bertz CT molecular complexity index is 578. The van der Waals surface area contributed by atoms with E-state index in [0.29, 0.717) is 11.1 Å². The van der Waals surface area contributed by atoms with Crippen molar-refractivity contribution in [2.45, 2.75) is 6.92 Å². The minimum Gasteiger partial charge on any atom is -0.298 e. The van der Waals surface area contributed by atoms with E-state index >= 15 is 0 Å². The summed E-state index contributed by atoms with van der Waals surface area (Å²) < 4.78 is 1.64. The number of aromatic nitrogens is 2. The van der Waals surface area contributed by atoms with Gasteiger partial charge in [0.1, 0.15) is 0 Å². The average molecular weight is 211 g/mol. The molecule has 0 aliphatic carbocycles. The third-order valence-electron chi connectivity index (χ3n) is 2.39. The molecule has 0 saturated carbocycles. The van der Waals surface area contributed by atoms with E-state index in [2.05, 4.69) is 11.2 Å². The topological polar surface area (TPSA) is 58.7 Å². The number of nitriles is 1. The molecule has 2 rings (SSSR count). The number of carbonyl (C=O) groups excluding carboxylic acids is 1. The lowest BCUT2D eigenvalue weighted by atomic mass is 10.2. The highest BCUT2D eigenvalue weighted by atomic mass is 16.1. The van der Waals surface area contributed by atoms with Crippen molar-refractivity contribution in [1.29, 1.82) is 5.26 Å². The third kappa shape index (κ3) is 1.59. The summed E-state index contributed by atoms with van der Waals surface area (Å²) in [7, 11) is 0. The highest BCUT2D eigenvalue weighted by Gasteiger charge is 2.07. The van der Waals surface area contributed by atoms with Gasteiger partial charge in [0, 0.05) is 0 Å². The van der Waals surface area contributed by atoms with Crippen LogP contribution in [0.2, 0.25) is 0 Å². The zero-order valence-electron chi connectivity index (χ0n) is 8.71. The van der Waals surface area contributed by atoms with Gasteiger partial charge in [0.15, 0.2) is 6.29 Å². The molecule has 0 unspecified atom stereocenters. The maximum atomic E-state index is 10.7. The monoisotopic (exact) mass is 211 g/mol. The highest BCUT2D eigenvalue weighted by molar-refractivity contribution is 5.76. The number of aldehydes is 1. The Kier molecular flexibility index (Phi) is 2.52. The summed E-state index contributed by atoms with van der Waals surface area (Å²) in [6.07, 6.45) is 2.29. The summed E-state index contributed by atoms with van der Waals surface area (Å²) in [5, 5.41) is 12.9. The number of hydrogen-bond donors (Lipinski definition) is 0. The maximum Gasteiger partial charge on any atom is 0.153 e. The molecule has 1 heterocycles. The molecule has 0 aliphatic rings. The normalized spacial score (nSPS) is 9.75. The first-order valence-electron chi connectivity index (χ1n) is 4.76. The van der Waals surface area contributed by atoms with Gasteiger partial charge in [-0.05, 0) is 25.1 Å². The molecule has 16 heavy (non-hydrogen) atoms. The minimum absolute atomic E-state index is 0.558. The fourth-order valence-corrected chi connectivity index (χ4v) is 1.51. The Morgan fingerprint density at radius 2 is 2.31 bits per heavy atom. The van der Waals surface area contributed by atoms with Gasteiger partial charge >= 0.3 is 0 Å². The molecule has 4 heteroatoms. The van der Waals surface area contributed by atoms with Crippen molar-refractivity contribution in [3.8, 4) is 11.8 Å². The van der Waals surface area contributed by atoms with Crippen LogP contribution in [-0.2, 0) is 0 Å². The summed E-state index contributed by atoms with van der Waals surface area (Å²) in [6.45, 7) is 1.82. The van der Waals surface area contributed by atoms with Gasteiger partial charge in [0.2, 0.25) is 0 Å². The molecule has 0 fully saturated rings. The van der Waals surface area contributed by atoms with Crippen molar-refractivity contribution in [3.63, 3.8) is 0 Å². The number of benzene rings is 1. The number of nitrogens with zero attached hydrogens (tertiary/aromatic N) is 3.